The Labute approximate surface area is 182 Å². The van der Waals surface area contributed by atoms with Gasteiger partial charge >= 0.3 is 6.09 Å². The zero-order valence-corrected chi connectivity index (χ0v) is 18.3. The number of rotatable bonds is 7. The number of hydrogen-bond donors (Lipinski definition) is 0. The fourth-order valence-corrected chi connectivity index (χ4v) is 2.92. The molecule has 3 rings (SSSR count). The maximum atomic E-state index is 14.2. The second-order valence-corrected chi connectivity index (χ2v) is 8.33. The second kappa shape index (κ2) is 9.64. The first kappa shape index (κ1) is 22.3. The summed E-state index contributed by atoms with van der Waals surface area (Å²) in [5.41, 5.74) is 1.54. The Bertz CT molecular complexity index is 1010. The molecule has 0 saturated heterocycles. The number of nitrogens with zero attached hydrogens (tertiary/aromatic N) is 3. The first-order valence-electron chi connectivity index (χ1n) is 10.1. The van der Waals surface area contributed by atoms with Gasteiger partial charge in [-0.1, -0.05) is 48.5 Å². The van der Waals surface area contributed by atoms with Crippen molar-refractivity contribution in [1.29, 1.82) is 0 Å². The van der Waals surface area contributed by atoms with Crippen molar-refractivity contribution >= 4 is 6.09 Å². The van der Waals surface area contributed by atoms with Gasteiger partial charge in [0.15, 0.2) is 0 Å². The number of ether oxygens (including phenoxy) is 2. The van der Waals surface area contributed by atoms with E-state index in [9.17, 15) is 9.18 Å². The molecule has 0 aliphatic heterocycles. The standard InChI is InChI=1S/C24H28FN3O3/c1-24(2,3)31-23(29)27(4)16-20-14-22(30-17-18-10-6-5-7-11-18)28(26-20)15-19-12-8-9-13-21(19)25/h5-14H,15-17H2,1-4H3. The second-order valence-electron chi connectivity index (χ2n) is 8.33. The Hall–Kier alpha value is -3.35. The minimum atomic E-state index is -0.584. The summed E-state index contributed by atoms with van der Waals surface area (Å²) in [7, 11) is 1.65. The van der Waals surface area contributed by atoms with E-state index in [-0.39, 0.29) is 18.9 Å². The van der Waals surface area contributed by atoms with E-state index in [0.717, 1.165) is 5.56 Å². The molecule has 0 aliphatic carbocycles. The van der Waals surface area contributed by atoms with E-state index in [1.165, 1.54) is 11.0 Å². The van der Waals surface area contributed by atoms with Crippen LogP contribution in [0.3, 0.4) is 0 Å². The molecule has 6 nitrogen and oxygen atoms in total. The highest BCUT2D eigenvalue weighted by molar-refractivity contribution is 5.67. The highest BCUT2D eigenvalue weighted by atomic mass is 19.1. The van der Waals surface area contributed by atoms with Crippen molar-refractivity contribution in [3.63, 3.8) is 0 Å². The quantitative estimate of drug-likeness (QED) is 0.534. The number of carbonyl (C=O) groups is 1. The van der Waals surface area contributed by atoms with Crippen LogP contribution in [0.5, 0.6) is 5.88 Å². The summed E-state index contributed by atoms with van der Waals surface area (Å²) in [4.78, 5) is 13.7. The third-order valence-electron chi connectivity index (χ3n) is 4.41. The highest BCUT2D eigenvalue weighted by Gasteiger charge is 2.21. The molecular weight excluding hydrogens is 397 g/mol. The van der Waals surface area contributed by atoms with E-state index >= 15 is 0 Å². The number of aromatic nitrogens is 2. The average molecular weight is 426 g/mol. The van der Waals surface area contributed by atoms with Gasteiger partial charge in [0.05, 0.1) is 18.8 Å². The Balaban J connectivity index is 1.79. The molecule has 1 amide bonds. The van der Waals surface area contributed by atoms with E-state index in [1.807, 2.05) is 51.1 Å². The molecule has 0 N–H and O–H groups in total. The van der Waals surface area contributed by atoms with Crippen molar-refractivity contribution in [3.05, 3.63) is 83.3 Å². The number of benzene rings is 2. The summed E-state index contributed by atoms with van der Waals surface area (Å²) in [5, 5.41) is 4.55. The monoisotopic (exact) mass is 425 g/mol. The maximum Gasteiger partial charge on any atom is 0.410 e. The van der Waals surface area contributed by atoms with Crippen molar-refractivity contribution in [3.8, 4) is 5.88 Å². The van der Waals surface area contributed by atoms with Crippen LogP contribution in [-0.4, -0.2) is 33.4 Å². The van der Waals surface area contributed by atoms with Crippen LogP contribution < -0.4 is 4.74 Å². The van der Waals surface area contributed by atoms with Gasteiger partial charge in [-0.25, -0.2) is 13.9 Å². The van der Waals surface area contributed by atoms with Crippen LogP contribution in [-0.2, 0) is 24.4 Å². The van der Waals surface area contributed by atoms with Crippen molar-refractivity contribution < 1.29 is 18.7 Å². The maximum absolute atomic E-state index is 14.2. The Morgan fingerprint density at radius 3 is 2.45 bits per heavy atom. The number of halogens is 1. The molecule has 7 heteroatoms. The number of carbonyl (C=O) groups excluding carboxylic acids is 1. The molecule has 3 aromatic rings. The topological polar surface area (TPSA) is 56.6 Å². The lowest BCUT2D eigenvalue weighted by Crippen LogP contribution is -2.33. The number of hydrogen-bond acceptors (Lipinski definition) is 4. The van der Waals surface area contributed by atoms with Crippen LogP contribution in [0, 0.1) is 5.82 Å². The average Bonchev–Trinajstić information content (AvgIpc) is 3.08. The van der Waals surface area contributed by atoms with Crippen LogP contribution in [0.15, 0.2) is 60.7 Å². The Kier molecular flexibility index (Phi) is 6.95. The van der Waals surface area contributed by atoms with Gasteiger partial charge in [-0.15, -0.1) is 0 Å². The summed E-state index contributed by atoms with van der Waals surface area (Å²) in [5.74, 6) is 0.194. The van der Waals surface area contributed by atoms with Gasteiger partial charge in [-0.05, 0) is 32.4 Å². The van der Waals surface area contributed by atoms with Crippen LogP contribution >= 0.6 is 0 Å². The summed E-state index contributed by atoms with van der Waals surface area (Å²) >= 11 is 0. The lowest BCUT2D eigenvalue weighted by atomic mass is 10.2. The van der Waals surface area contributed by atoms with E-state index in [0.29, 0.717) is 23.7 Å². The first-order valence-corrected chi connectivity index (χ1v) is 10.1. The molecule has 0 unspecified atom stereocenters. The molecule has 1 heterocycles. The third kappa shape index (κ3) is 6.57. The summed E-state index contributed by atoms with van der Waals surface area (Å²) in [6, 6.07) is 18.1. The summed E-state index contributed by atoms with van der Waals surface area (Å²) < 4.78 is 27.2. The normalized spacial score (nSPS) is 11.3. The zero-order chi connectivity index (χ0) is 22.4. The zero-order valence-electron chi connectivity index (χ0n) is 18.3. The Morgan fingerprint density at radius 2 is 1.77 bits per heavy atom. The summed E-state index contributed by atoms with van der Waals surface area (Å²) in [6.45, 7) is 6.26. The SMILES string of the molecule is CN(Cc1cc(OCc2ccccc2)n(Cc2ccccc2F)n1)C(=O)OC(C)(C)C. The predicted molar refractivity (Wildman–Crippen MR) is 116 cm³/mol. The molecule has 0 aliphatic rings. The summed E-state index contributed by atoms with van der Waals surface area (Å²) in [6.07, 6.45) is -0.442. The molecular formula is C24H28FN3O3. The molecule has 31 heavy (non-hydrogen) atoms. The highest BCUT2D eigenvalue weighted by Crippen LogP contribution is 2.20. The molecule has 0 spiro atoms. The van der Waals surface area contributed by atoms with E-state index < -0.39 is 11.7 Å². The smallest absolute Gasteiger partial charge is 0.410 e. The molecule has 0 atom stereocenters. The number of amides is 1. The molecule has 0 saturated carbocycles. The fraction of sp³-hybridized carbons (Fsp3) is 0.333. The predicted octanol–water partition coefficient (Wildman–Crippen LogP) is 5.02. The lowest BCUT2D eigenvalue weighted by molar-refractivity contribution is 0.0283. The first-order chi connectivity index (χ1) is 14.7. The molecule has 2 aromatic carbocycles. The van der Waals surface area contributed by atoms with Crippen LogP contribution in [0.1, 0.15) is 37.6 Å². The van der Waals surface area contributed by atoms with Crippen molar-refractivity contribution in [1.82, 2.24) is 14.7 Å². The van der Waals surface area contributed by atoms with Gasteiger partial charge in [0, 0.05) is 18.7 Å². The molecule has 0 bridgehead atoms. The molecule has 164 valence electrons. The van der Waals surface area contributed by atoms with Gasteiger partial charge in [0.2, 0.25) is 5.88 Å². The van der Waals surface area contributed by atoms with Gasteiger partial charge < -0.3 is 14.4 Å². The molecule has 0 fully saturated rings. The van der Waals surface area contributed by atoms with E-state index in [4.69, 9.17) is 9.47 Å². The lowest BCUT2D eigenvalue weighted by Gasteiger charge is -2.24. The van der Waals surface area contributed by atoms with Crippen molar-refractivity contribution in [2.45, 2.75) is 46.1 Å². The van der Waals surface area contributed by atoms with Gasteiger partial charge in [0.25, 0.3) is 0 Å². The largest absolute Gasteiger partial charge is 0.473 e. The molecule has 0 radical (unpaired) electrons. The van der Waals surface area contributed by atoms with Crippen LogP contribution in [0.4, 0.5) is 9.18 Å². The van der Waals surface area contributed by atoms with Crippen molar-refractivity contribution in [2.75, 3.05) is 7.05 Å². The van der Waals surface area contributed by atoms with Crippen molar-refractivity contribution in [2.24, 2.45) is 0 Å². The molecule has 1 aromatic heterocycles. The van der Waals surface area contributed by atoms with E-state index in [1.54, 1.807) is 36.0 Å². The minimum Gasteiger partial charge on any atom is -0.473 e. The third-order valence-corrected chi connectivity index (χ3v) is 4.41. The van der Waals surface area contributed by atoms with Gasteiger partial charge in [-0.3, -0.25) is 0 Å². The van der Waals surface area contributed by atoms with Crippen LogP contribution in [0.25, 0.3) is 0 Å². The van der Waals surface area contributed by atoms with Crippen LogP contribution in [0.2, 0.25) is 0 Å². The van der Waals surface area contributed by atoms with Gasteiger partial charge in [0.1, 0.15) is 18.0 Å². The van der Waals surface area contributed by atoms with E-state index in [2.05, 4.69) is 5.10 Å². The minimum absolute atomic E-state index is 0.215. The van der Waals surface area contributed by atoms with Gasteiger partial charge in [-0.2, -0.15) is 5.10 Å². The fourth-order valence-electron chi connectivity index (χ4n) is 2.92. The Morgan fingerprint density at radius 1 is 1.10 bits per heavy atom.